The van der Waals surface area contributed by atoms with Crippen LogP contribution in [0.1, 0.15) is 12.5 Å². The van der Waals surface area contributed by atoms with Crippen LogP contribution in [-0.4, -0.2) is 16.5 Å². The highest BCUT2D eigenvalue weighted by Crippen LogP contribution is 2.27. The molecule has 3 aromatic rings. The number of aromatic nitrogens is 2. The van der Waals surface area contributed by atoms with E-state index in [1.807, 2.05) is 30.3 Å². The van der Waals surface area contributed by atoms with E-state index < -0.39 is 0 Å². The molecule has 3 rings (SSSR count). The van der Waals surface area contributed by atoms with Crippen molar-refractivity contribution in [2.45, 2.75) is 13.8 Å². The summed E-state index contributed by atoms with van der Waals surface area (Å²) in [5, 5.41) is 4.96. The number of hydrogen-bond acceptors (Lipinski definition) is 3. The van der Waals surface area contributed by atoms with E-state index in [0.29, 0.717) is 10.8 Å². The zero-order valence-corrected chi connectivity index (χ0v) is 12.8. The molecule has 0 fully saturated rings. The SMILES string of the molecule is CCNc1nc(-c2ccc(C)cc2)nc2cc(Cl)ccc12. The van der Waals surface area contributed by atoms with Crippen LogP contribution in [0.4, 0.5) is 5.82 Å². The Morgan fingerprint density at radius 1 is 1.05 bits per heavy atom. The standard InChI is InChI=1S/C17H16ClN3/c1-3-19-17-14-9-8-13(18)10-15(14)20-16(21-17)12-6-4-11(2)5-7-12/h4-10H,3H2,1-2H3,(H,19,20,21). The molecule has 106 valence electrons. The number of benzene rings is 2. The second-order valence-corrected chi connectivity index (χ2v) is 5.39. The molecule has 0 bridgehead atoms. The van der Waals surface area contributed by atoms with Crippen LogP contribution in [0.5, 0.6) is 0 Å². The lowest BCUT2D eigenvalue weighted by Gasteiger charge is -2.10. The first-order valence-corrected chi connectivity index (χ1v) is 7.33. The Labute approximate surface area is 129 Å². The third-order valence-corrected chi connectivity index (χ3v) is 3.55. The van der Waals surface area contributed by atoms with Crippen LogP contribution in [0.15, 0.2) is 42.5 Å². The van der Waals surface area contributed by atoms with E-state index in [0.717, 1.165) is 28.8 Å². The molecule has 0 saturated heterocycles. The normalized spacial score (nSPS) is 10.8. The van der Waals surface area contributed by atoms with Gasteiger partial charge in [0.2, 0.25) is 0 Å². The minimum atomic E-state index is 0.679. The maximum absolute atomic E-state index is 6.09. The Hall–Kier alpha value is -2.13. The fourth-order valence-electron chi connectivity index (χ4n) is 2.24. The molecule has 3 nitrogen and oxygen atoms in total. The summed E-state index contributed by atoms with van der Waals surface area (Å²) >= 11 is 6.09. The fourth-order valence-corrected chi connectivity index (χ4v) is 2.40. The van der Waals surface area contributed by atoms with Crippen molar-refractivity contribution in [2.75, 3.05) is 11.9 Å². The molecule has 2 aromatic carbocycles. The second kappa shape index (κ2) is 5.70. The molecule has 1 heterocycles. The monoisotopic (exact) mass is 297 g/mol. The lowest BCUT2D eigenvalue weighted by molar-refractivity contribution is 1.14. The van der Waals surface area contributed by atoms with Crippen molar-refractivity contribution in [3.05, 3.63) is 53.1 Å². The molecular formula is C17H16ClN3. The molecule has 0 unspecified atom stereocenters. The number of aryl methyl sites for hydroxylation is 1. The highest BCUT2D eigenvalue weighted by Gasteiger charge is 2.09. The van der Waals surface area contributed by atoms with Gasteiger partial charge in [-0.15, -0.1) is 0 Å². The molecule has 0 aliphatic rings. The Morgan fingerprint density at radius 3 is 2.52 bits per heavy atom. The molecule has 0 saturated carbocycles. The number of nitrogens with one attached hydrogen (secondary N) is 1. The smallest absolute Gasteiger partial charge is 0.162 e. The van der Waals surface area contributed by atoms with Gasteiger partial charge in [0, 0.05) is 22.5 Å². The summed E-state index contributed by atoms with van der Waals surface area (Å²) in [6.45, 7) is 4.92. The van der Waals surface area contributed by atoms with Gasteiger partial charge in [0.25, 0.3) is 0 Å². The summed E-state index contributed by atoms with van der Waals surface area (Å²) < 4.78 is 0. The van der Waals surface area contributed by atoms with Gasteiger partial charge < -0.3 is 5.32 Å². The minimum absolute atomic E-state index is 0.679. The molecule has 21 heavy (non-hydrogen) atoms. The number of rotatable bonds is 3. The highest BCUT2D eigenvalue weighted by molar-refractivity contribution is 6.31. The van der Waals surface area contributed by atoms with E-state index in [-0.39, 0.29) is 0 Å². The molecule has 0 amide bonds. The van der Waals surface area contributed by atoms with Crippen molar-refractivity contribution in [2.24, 2.45) is 0 Å². The summed E-state index contributed by atoms with van der Waals surface area (Å²) in [5.41, 5.74) is 3.07. The molecule has 1 N–H and O–H groups in total. The predicted molar refractivity (Wildman–Crippen MR) is 88.9 cm³/mol. The van der Waals surface area contributed by atoms with Gasteiger partial charge in [-0.2, -0.15) is 0 Å². The fraction of sp³-hybridized carbons (Fsp3) is 0.176. The molecular weight excluding hydrogens is 282 g/mol. The van der Waals surface area contributed by atoms with E-state index >= 15 is 0 Å². The van der Waals surface area contributed by atoms with E-state index in [9.17, 15) is 0 Å². The summed E-state index contributed by atoms with van der Waals surface area (Å²) in [6.07, 6.45) is 0. The van der Waals surface area contributed by atoms with Crippen LogP contribution in [-0.2, 0) is 0 Å². The van der Waals surface area contributed by atoms with Crippen molar-refractivity contribution in [1.29, 1.82) is 0 Å². The first-order chi connectivity index (χ1) is 10.2. The van der Waals surface area contributed by atoms with Crippen LogP contribution in [0, 0.1) is 6.92 Å². The van der Waals surface area contributed by atoms with Gasteiger partial charge in [-0.05, 0) is 32.0 Å². The Balaban J connectivity index is 2.21. The molecule has 1 aromatic heterocycles. The number of nitrogens with zero attached hydrogens (tertiary/aromatic N) is 2. The van der Waals surface area contributed by atoms with E-state index in [1.54, 1.807) is 0 Å². The van der Waals surface area contributed by atoms with Gasteiger partial charge in [0.15, 0.2) is 5.82 Å². The maximum atomic E-state index is 6.09. The molecule has 0 radical (unpaired) electrons. The van der Waals surface area contributed by atoms with Gasteiger partial charge >= 0.3 is 0 Å². The van der Waals surface area contributed by atoms with Gasteiger partial charge in [0.1, 0.15) is 5.82 Å². The second-order valence-electron chi connectivity index (χ2n) is 4.95. The summed E-state index contributed by atoms with van der Waals surface area (Å²) in [5.74, 6) is 1.55. The zero-order chi connectivity index (χ0) is 14.8. The topological polar surface area (TPSA) is 37.8 Å². The van der Waals surface area contributed by atoms with Crippen LogP contribution >= 0.6 is 11.6 Å². The largest absolute Gasteiger partial charge is 0.370 e. The number of halogens is 1. The Bertz CT molecular complexity index is 782. The predicted octanol–water partition coefficient (Wildman–Crippen LogP) is 4.69. The summed E-state index contributed by atoms with van der Waals surface area (Å²) in [4.78, 5) is 9.30. The van der Waals surface area contributed by atoms with Gasteiger partial charge in [0.05, 0.1) is 5.52 Å². The first kappa shape index (κ1) is 13.8. The average Bonchev–Trinajstić information content (AvgIpc) is 2.47. The van der Waals surface area contributed by atoms with Crippen molar-refractivity contribution in [3.63, 3.8) is 0 Å². The van der Waals surface area contributed by atoms with Crippen LogP contribution < -0.4 is 5.32 Å². The number of hydrogen-bond donors (Lipinski definition) is 1. The van der Waals surface area contributed by atoms with E-state index in [2.05, 4.69) is 41.3 Å². The molecule has 0 aliphatic carbocycles. The lowest BCUT2D eigenvalue weighted by Crippen LogP contribution is -2.03. The molecule has 4 heteroatoms. The van der Waals surface area contributed by atoms with Gasteiger partial charge in [-0.3, -0.25) is 0 Å². The van der Waals surface area contributed by atoms with Crippen molar-refractivity contribution in [3.8, 4) is 11.4 Å². The van der Waals surface area contributed by atoms with Gasteiger partial charge in [-0.25, -0.2) is 9.97 Å². The van der Waals surface area contributed by atoms with Crippen molar-refractivity contribution >= 4 is 28.3 Å². The van der Waals surface area contributed by atoms with Crippen LogP contribution in [0.2, 0.25) is 5.02 Å². The molecule has 0 atom stereocenters. The van der Waals surface area contributed by atoms with E-state index in [1.165, 1.54) is 5.56 Å². The Kier molecular flexibility index (Phi) is 3.76. The number of fused-ring (bicyclic) bond motifs is 1. The van der Waals surface area contributed by atoms with Crippen LogP contribution in [0.25, 0.3) is 22.3 Å². The summed E-state index contributed by atoms with van der Waals surface area (Å²) in [7, 11) is 0. The third kappa shape index (κ3) is 2.83. The zero-order valence-electron chi connectivity index (χ0n) is 12.0. The third-order valence-electron chi connectivity index (χ3n) is 3.31. The van der Waals surface area contributed by atoms with Crippen LogP contribution in [0.3, 0.4) is 0 Å². The maximum Gasteiger partial charge on any atom is 0.162 e. The average molecular weight is 298 g/mol. The van der Waals surface area contributed by atoms with Crippen molar-refractivity contribution in [1.82, 2.24) is 9.97 Å². The van der Waals surface area contributed by atoms with Crippen molar-refractivity contribution < 1.29 is 0 Å². The minimum Gasteiger partial charge on any atom is -0.370 e. The Morgan fingerprint density at radius 2 is 1.81 bits per heavy atom. The molecule has 0 aliphatic heterocycles. The van der Waals surface area contributed by atoms with E-state index in [4.69, 9.17) is 11.6 Å². The highest BCUT2D eigenvalue weighted by atomic mass is 35.5. The summed E-state index contributed by atoms with van der Waals surface area (Å²) in [6, 6.07) is 13.9. The quantitative estimate of drug-likeness (QED) is 0.762. The molecule has 0 spiro atoms. The van der Waals surface area contributed by atoms with Gasteiger partial charge in [-0.1, -0.05) is 41.4 Å². The lowest BCUT2D eigenvalue weighted by atomic mass is 10.1. The first-order valence-electron chi connectivity index (χ1n) is 6.95. The number of anilines is 1.